The number of benzene rings is 1. The molecule has 0 saturated carbocycles. The first-order valence-corrected chi connectivity index (χ1v) is 14.8. The number of unbranched alkanes of at least 4 members (excludes halogenated alkanes) is 1. The molecular formula is C29H49N9O6. The summed E-state index contributed by atoms with van der Waals surface area (Å²) in [5.41, 5.74) is 23.0. The molecule has 4 amide bonds. The lowest BCUT2D eigenvalue weighted by Gasteiger charge is -2.27. The smallest absolute Gasteiger partial charge is 0.322 e. The van der Waals surface area contributed by atoms with E-state index in [9.17, 15) is 24.0 Å². The number of carboxylic acids is 1. The molecule has 246 valence electrons. The minimum atomic E-state index is -1.23. The number of carboxylic acid groups (broad SMARTS) is 1. The number of aliphatic imine (C=N–C) groups is 1. The molecular weight excluding hydrogens is 570 g/mol. The normalized spacial score (nSPS) is 13.6. The molecule has 1 aromatic rings. The maximum Gasteiger partial charge on any atom is 0.322 e. The van der Waals surface area contributed by atoms with Crippen molar-refractivity contribution in [2.75, 3.05) is 19.6 Å². The molecule has 0 spiro atoms. The van der Waals surface area contributed by atoms with Crippen molar-refractivity contribution >= 4 is 35.6 Å². The van der Waals surface area contributed by atoms with Crippen molar-refractivity contribution in [1.29, 1.82) is 0 Å². The number of hydrogen-bond acceptors (Lipinski definition) is 8. The first-order chi connectivity index (χ1) is 20.8. The van der Waals surface area contributed by atoms with Gasteiger partial charge in [0, 0.05) is 13.0 Å². The Kier molecular flexibility index (Phi) is 17.7. The lowest BCUT2D eigenvalue weighted by atomic mass is 10.00. The molecule has 44 heavy (non-hydrogen) atoms. The number of amides is 4. The molecule has 0 aromatic heterocycles. The first-order valence-electron chi connectivity index (χ1n) is 14.8. The van der Waals surface area contributed by atoms with Gasteiger partial charge in [-0.2, -0.15) is 0 Å². The van der Waals surface area contributed by atoms with Crippen molar-refractivity contribution in [2.45, 2.75) is 83.0 Å². The van der Waals surface area contributed by atoms with E-state index in [-0.39, 0.29) is 37.6 Å². The van der Waals surface area contributed by atoms with Gasteiger partial charge in [0.15, 0.2) is 5.96 Å². The maximum atomic E-state index is 13.5. The Bertz CT molecular complexity index is 1100. The molecule has 0 radical (unpaired) electrons. The molecule has 4 atom stereocenters. The molecule has 0 unspecified atom stereocenters. The molecule has 0 aliphatic heterocycles. The zero-order chi connectivity index (χ0) is 33.1. The highest BCUT2D eigenvalue weighted by Gasteiger charge is 2.31. The summed E-state index contributed by atoms with van der Waals surface area (Å²) in [6.45, 7) is 3.82. The average molecular weight is 620 g/mol. The maximum absolute atomic E-state index is 13.5. The summed E-state index contributed by atoms with van der Waals surface area (Å²) in [5.74, 6) is -3.74. The second kappa shape index (κ2) is 20.6. The zero-order valence-corrected chi connectivity index (χ0v) is 25.6. The third-order valence-corrected chi connectivity index (χ3v) is 6.55. The number of guanidine groups is 1. The molecule has 1 rings (SSSR count). The van der Waals surface area contributed by atoms with Crippen LogP contribution in [0.3, 0.4) is 0 Å². The number of carbonyl (C=O) groups excluding carboxylic acids is 4. The van der Waals surface area contributed by atoms with Crippen molar-refractivity contribution in [2.24, 2.45) is 33.8 Å². The van der Waals surface area contributed by atoms with Gasteiger partial charge in [0.25, 0.3) is 0 Å². The molecule has 0 fully saturated rings. The Balaban J connectivity index is 3.07. The Morgan fingerprint density at radius 1 is 0.818 bits per heavy atom. The van der Waals surface area contributed by atoms with E-state index in [1.165, 1.54) is 0 Å². The van der Waals surface area contributed by atoms with Gasteiger partial charge >= 0.3 is 5.97 Å². The summed E-state index contributed by atoms with van der Waals surface area (Å²) in [6.07, 6.45) is 2.49. The van der Waals surface area contributed by atoms with Crippen LogP contribution in [-0.2, 0) is 30.4 Å². The van der Waals surface area contributed by atoms with Gasteiger partial charge in [-0.15, -0.1) is 0 Å². The Hall–Kier alpha value is -4.24. The first kappa shape index (κ1) is 37.8. The Morgan fingerprint density at radius 2 is 1.43 bits per heavy atom. The quantitative estimate of drug-likeness (QED) is 0.0434. The van der Waals surface area contributed by atoms with Crippen LogP contribution < -0.4 is 44.2 Å². The van der Waals surface area contributed by atoms with Crippen molar-refractivity contribution in [3.63, 3.8) is 0 Å². The van der Waals surface area contributed by atoms with Crippen molar-refractivity contribution < 1.29 is 29.1 Å². The topological polar surface area (TPSA) is 270 Å². The van der Waals surface area contributed by atoms with E-state index >= 15 is 0 Å². The van der Waals surface area contributed by atoms with Crippen LogP contribution in [0.4, 0.5) is 0 Å². The Morgan fingerprint density at radius 3 is 2.02 bits per heavy atom. The highest BCUT2D eigenvalue weighted by atomic mass is 16.4. The fourth-order valence-electron chi connectivity index (χ4n) is 4.28. The van der Waals surface area contributed by atoms with Gasteiger partial charge in [0.1, 0.15) is 24.7 Å². The highest BCUT2D eigenvalue weighted by Crippen LogP contribution is 2.10. The van der Waals surface area contributed by atoms with Crippen LogP contribution >= 0.6 is 0 Å². The number of nitrogens with one attached hydrogen (secondary N) is 4. The summed E-state index contributed by atoms with van der Waals surface area (Å²) >= 11 is 0. The third-order valence-electron chi connectivity index (χ3n) is 6.55. The largest absolute Gasteiger partial charge is 0.480 e. The molecule has 0 aliphatic carbocycles. The molecule has 0 aliphatic rings. The number of carbonyl (C=O) groups is 5. The van der Waals surface area contributed by atoms with Gasteiger partial charge in [0.05, 0.1) is 6.04 Å². The van der Waals surface area contributed by atoms with Crippen LogP contribution in [0, 0.1) is 5.92 Å². The number of nitrogens with zero attached hydrogens (tertiary/aromatic N) is 1. The minimum absolute atomic E-state index is 0.0246. The fourth-order valence-corrected chi connectivity index (χ4v) is 4.28. The van der Waals surface area contributed by atoms with Gasteiger partial charge < -0.3 is 49.3 Å². The van der Waals surface area contributed by atoms with E-state index in [1.807, 2.05) is 13.8 Å². The number of rotatable bonds is 21. The SMILES string of the molecule is CC(C)C[C@H](NC(=O)[C@H](CCCCN)NC(=O)[C@@H](N)CCCN=C(N)N)C(=O)N[C@@H](Cc1ccccc1)C(=O)NCC(=O)O. The predicted octanol–water partition coefficient (Wildman–Crippen LogP) is -1.56. The van der Waals surface area contributed by atoms with E-state index in [2.05, 4.69) is 26.3 Å². The van der Waals surface area contributed by atoms with Gasteiger partial charge in [-0.05, 0) is 56.6 Å². The Labute approximate surface area is 258 Å². The van der Waals surface area contributed by atoms with Gasteiger partial charge in [-0.25, -0.2) is 0 Å². The van der Waals surface area contributed by atoms with E-state index in [4.69, 9.17) is 28.0 Å². The zero-order valence-electron chi connectivity index (χ0n) is 25.6. The monoisotopic (exact) mass is 619 g/mol. The predicted molar refractivity (Wildman–Crippen MR) is 167 cm³/mol. The highest BCUT2D eigenvalue weighted by molar-refractivity contribution is 5.95. The number of hydrogen-bond donors (Lipinski definition) is 9. The van der Waals surface area contributed by atoms with E-state index in [0.717, 1.165) is 5.56 Å². The molecule has 0 saturated heterocycles. The summed E-state index contributed by atoms with van der Waals surface area (Å²) in [5, 5.41) is 19.4. The van der Waals surface area contributed by atoms with Crippen LogP contribution in [-0.4, -0.2) is 84.5 Å². The third kappa shape index (κ3) is 15.8. The summed E-state index contributed by atoms with van der Waals surface area (Å²) in [6, 6.07) is 4.86. The number of nitrogens with two attached hydrogens (primary N) is 4. The standard InChI is InChI=1S/C29H49N9O6/c1-18(2)15-22(28(44)38-23(26(42)35-17-24(39)40)16-19-9-4-3-5-10-19)37-27(43)21(12-6-7-13-30)36-25(41)20(31)11-8-14-34-29(32)33/h3-5,9-10,18,20-23H,6-8,11-17,30-31H2,1-2H3,(H,35,42)(H,36,41)(H,37,43)(H,38,44)(H,39,40)(H4,32,33,34)/t20-,21-,22-,23-/m0/s1. The number of aliphatic carboxylic acids is 1. The van der Waals surface area contributed by atoms with Gasteiger partial charge in [0.2, 0.25) is 23.6 Å². The van der Waals surface area contributed by atoms with Crippen molar-refractivity contribution in [3.05, 3.63) is 35.9 Å². The second-order valence-corrected chi connectivity index (χ2v) is 11.0. The molecule has 0 heterocycles. The summed E-state index contributed by atoms with van der Waals surface area (Å²) in [4.78, 5) is 67.5. The van der Waals surface area contributed by atoms with Gasteiger partial charge in [-0.3, -0.25) is 29.0 Å². The average Bonchev–Trinajstić information content (AvgIpc) is 2.96. The lowest BCUT2D eigenvalue weighted by molar-refractivity contribution is -0.138. The van der Waals surface area contributed by atoms with E-state index < -0.39 is 60.3 Å². The minimum Gasteiger partial charge on any atom is -0.480 e. The summed E-state index contributed by atoms with van der Waals surface area (Å²) < 4.78 is 0. The van der Waals surface area contributed by atoms with Gasteiger partial charge in [-0.1, -0.05) is 44.2 Å². The van der Waals surface area contributed by atoms with E-state index in [1.54, 1.807) is 30.3 Å². The molecule has 13 N–H and O–H groups in total. The second-order valence-electron chi connectivity index (χ2n) is 11.0. The van der Waals surface area contributed by atoms with Crippen LogP contribution in [0.15, 0.2) is 35.3 Å². The van der Waals surface area contributed by atoms with Crippen LogP contribution in [0.1, 0.15) is 57.9 Å². The molecule has 1 aromatic carbocycles. The lowest BCUT2D eigenvalue weighted by Crippen LogP contribution is -2.58. The molecule has 15 nitrogen and oxygen atoms in total. The van der Waals surface area contributed by atoms with Crippen LogP contribution in [0.2, 0.25) is 0 Å². The van der Waals surface area contributed by atoms with Crippen molar-refractivity contribution in [3.8, 4) is 0 Å². The van der Waals surface area contributed by atoms with E-state index in [0.29, 0.717) is 32.4 Å². The van der Waals surface area contributed by atoms with Crippen LogP contribution in [0.25, 0.3) is 0 Å². The summed E-state index contributed by atoms with van der Waals surface area (Å²) in [7, 11) is 0. The fraction of sp³-hybridized carbons (Fsp3) is 0.586. The molecule has 0 bridgehead atoms. The molecule has 15 heteroatoms. The van der Waals surface area contributed by atoms with Crippen molar-refractivity contribution in [1.82, 2.24) is 21.3 Å². The van der Waals surface area contributed by atoms with Crippen LogP contribution in [0.5, 0.6) is 0 Å².